The van der Waals surface area contributed by atoms with Crippen LogP contribution >= 0.6 is 0 Å². The molecule has 0 aromatic heterocycles. The summed E-state index contributed by atoms with van der Waals surface area (Å²) in [5.41, 5.74) is 3.23. The van der Waals surface area contributed by atoms with E-state index in [0.717, 1.165) is 35.9 Å². The normalized spacial score (nSPS) is 14.7. The van der Waals surface area contributed by atoms with Gasteiger partial charge in [-0.15, -0.1) is 0 Å². The SMILES string of the molecule is C[C@@H](OC(=O)c1ccc(CCNS(C)(=O)=O)cc1)C(=O)N1CCCc2ccccc21. The van der Waals surface area contributed by atoms with Crippen LogP contribution in [0.2, 0.25) is 0 Å². The molecule has 2 aromatic carbocycles. The summed E-state index contributed by atoms with van der Waals surface area (Å²) in [6.45, 7) is 2.47. The van der Waals surface area contributed by atoms with Gasteiger partial charge in [0.2, 0.25) is 10.0 Å². The third-order valence-electron chi connectivity index (χ3n) is 4.98. The molecule has 1 N–H and O–H groups in total. The molecule has 30 heavy (non-hydrogen) atoms. The Kier molecular flexibility index (Phi) is 6.89. The first-order chi connectivity index (χ1) is 14.2. The van der Waals surface area contributed by atoms with Crippen molar-refractivity contribution in [3.63, 3.8) is 0 Å². The van der Waals surface area contributed by atoms with E-state index in [-0.39, 0.29) is 12.5 Å². The minimum absolute atomic E-state index is 0.237. The van der Waals surface area contributed by atoms with Crippen molar-refractivity contribution in [1.82, 2.24) is 4.72 Å². The van der Waals surface area contributed by atoms with E-state index in [2.05, 4.69) is 4.72 Å². The van der Waals surface area contributed by atoms with E-state index >= 15 is 0 Å². The molecule has 0 bridgehead atoms. The number of sulfonamides is 1. The molecule has 0 spiro atoms. The Morgan fingerprint density at radius 1 is 1.13 bits per heavy atom. The number of carbonyl (C=O) groups excluding carboxylic acids is 2. The van der Waals surface area contributed by atoms with Gasteiger partial charge in [0.1, 0.15) is 0 Å². The first-order valence-electron chi connectivity index (χ1n) is 9.88. The number of nitrogens with zero attached hydrogens (tertiary/aromatic N) is 1. The van der Waals surface area contributed by atoms with Crippen molar-refractivity contribution in [2.45, 2.75) is 32.3 Å². The first kappa shape index (κ1) is 22.0. The van der Waals surface area contributed by atoms with Gasteiger partial charge in [0, 0.05) is 18.8 Å². The number of carbonyl (C=O) groups is 2. The minimum Gasteiger partial charge on any atom is -0.449 e. The van der Waals surface area contributed by atoms with E-state index in [0.29, 0.717) is 18.5 Å². The van der Waals surface area contributed by atoms with Crippen LogP contribution in [0.15, 0.2) is 48.5 Å². The van der Waals surface area contributed by atoms with Crippen LogP contribution in [0.25, 0.3) is 0 Å². The molecule has 0 fully saturated rings. The Bertz CT molecular complexity index is 1020. The second-order valence-electron chi connectivity index (χ2n) is 7.38. The summed E-state index contributed by atoms with van der Waals surface area (Å²) in [4.78, 5) is 27.0. The highest BCUT2D eigenvalue weighted by molar-refractivity contribution is 7.88. The van der Waals surface area contributed by atoms with Crippen LogP contribution in [0.3, 0.4) is 0 Å². The van der Waals surface area contributed by atoms with Gasteiger partial charge in [-0.3, -0.25) is 4.79 Å². The zero-order valence-electron chi connectivity index (χ0n) is 17.1. The van der Waals surface area contributed by atoms with Crippen molar-refractivity contribution in [3.8, 4) is 0 Å². The highest BCUT2D eigenvalue weighted by Gasteiger charge is 2.28. The van der Waals surface area contributed by atoms with Crippen LogP contribution in [0.1, 0.15) is 34.8 Å². The monoisotopic (exact) mass is 430 g/mol. The Balaban J connectivity index is 1.58. The average molecular weight is 431 g/mol. The minimum atomic E-state index is -3.23. The Morgan fingerprint density at radius 3 is 2.53 bits per heavy atom. The molecule has 1 aliphatic rings. The zero-order chi connectivity index (χ0) is 21.7. The summed E-state index contributed by atoms with van der Waals surface area (Å²) in [6, 6.07) is 14.5. The summed E-state index contributed by atoms with van der Waals surface area (Å²) in [6.07, 6.45) is 2.52. The lowest BCUT2D eigenvalue weighted by Crippen LogP contribution is -2.42. The summed E-state index contributed by atoms with van der Waals surface area (Å²) >= 11 is 0. The van der Waals surface area contributed by atoms with E-state index in [9.17, 15) is 18.0 Å². The topological polar surface area (TPSA) is 92.8 Å². The number of ether oxygens (including phenoxy) is 1. The number of hydrogen-bond acceptors (Lipinski definition) is 5. The number of aryl methyl sites for hydroxylation is 1. The fourth-order valence-corrected chi connectivity index (χ4v) is 3.92. The number of esters is 1. The van der Waals surface area contributed by atoms with Crippen LogP contribution in [0.5, 0.6) is 0 Å². The van der Waals surface area contributed by atoms with E-state index in [4.69, 9.17) is 4.74 Å². The summed E-state index contributed by atoms with van der Waals surface area (Å²) in [5, 5.41) is 0. The number of hydrogen-bond donors (Lipinski definition) is 1. The lowest BCUT2D eigenvalue weighted by molar-refractivity contribution is -0.126. The Hall–Kier alpha value is -2.71. The number of anilines is 1. The summed E-state index contributed by atoms with van der Waals surface area (Å²) in [7, 11) is -3.23. The number of rotatable bonds is 7. The van der Waals surface area contributed by atoms with Crippen molar-refractivity contribution in [2.24, 2.45) is 0 Å². The van der Waals surface area contributed by atoms with Gasteiger partial charge in [-0.1, -0.05) is 30.3 Å². The smallest absolute Gasteiger partial charge is 0.338 e. The van der Waals surface area contributed by atoms with Gasteiger partial charge in [-0.25, -0.2) is 17.9 Å². The molecule has 1 aliphatic heterocycles. The lowest BCUT2D eigenvalue weighted by Gasteiger charge is -2.31. The number of benzene rings is 2. The number of para-hydroxylation sites is 1. The fraction of sp³-hybridized carbons (Fsp3) is 0.364. The van der Waals surface area contributed by atoms with Gasteiger partial charge in [0.15, 0.2) is 6.10 Å². The van der Waals surface area contributed by atoms with E-state index in [1.165, 1.54) is 0 Å². The Morgan fingerprint density at radius 2 is 1.83 bits per heavy atom. The average Bonchev–Trinajstić information content (AvgIpc) is 2.72. The molecule has 1 amide bonds. The van der Waals surface area contributed by atoms with Gasteiger partial charge < -0.3 is 9.64 Å². The highest BCUT2D eigenvalue weighted by Crippen LogP contribution is 2.27. The fourth-order valence-electron chi connectivity index (χ4n) is 3.45. The molecule has 0 unspecified atom stereocenters. The van der Waals surface area contributed by atoms with E-state index in [1.54, 1.807) is 36.1 Å². The van der Waals surface area contributed by atoms with Crippen molar-refractivity contribution in [3.05, 3.63) is 65.2 Å². The van der Waals surface area contributed by atoms with Crippen LogP contribution < -0.4 is 9.62 Å². The van der Waals surface area contributed by atoms with Crippen molar-refractivity contribution < 1.29 is 22.7 Å². The molecule has 7 nitrogen and oxygen atoms in total. The second-order valence-corrected chi connectivity index (χ2v) is 9.22. The maximum Gasteiger partial charge on any atom is 0.338 e. The molecule has 1 heterocycles. The van der Waals surface area contributed by atoms with Gasteiger partial charge in [0.25, 0.3) is 5.91 Å². The predicted octanol–water partition coefficient (Wildman–Crippen LogP) is 2.30. The quantitative estimate of drug-likeness (QED) is 0.681. The maximum atomic E-state index is 12.9. The largest absolute Gasteiger partial charge is 0.449 e. The van der Waals surface area contributed by atoms with Gasteiger partial charge >= 0.3 is 5.97 Å². The van der Waals surface area contributed by atoms with Gasteiger partial charge in [0.05, 0.1) is 11.8 Å². The molecule has 2 aromatic rings. The summed E-state index contributed by atoms with van der Waals surface area (Å²) < 4.78 is 30.0. The maximum absolute atomic E-state index is 12.9. The number of nitrogens with one attached hydrogen (secondary N) is 1. The second kappa shape index (κ2) is 9.40. The Labute approximate surface area is 177 Å². The highest BCUT2D eigenvalue weighted by atomic mass is 32.2. The van der Waals surface area contributed by atoms with E-state index < -0.39 is 22.1 Å². The molecule has 8 heteroatoms. The molecular weight excluding hydrogens is 404 g/mol. The van der Waals surface area contributed by atoms with Gasteiger partial charge in [-0.2, -0.15) is 0 Å². The standard InChI is InChI=1S/C22H26N2O5S/c1-16(21(25)24-15-5-7-18-6-3-4-8-20(18)24)29-22(26)19-11-9-17(10-12-19)13-14-23-30(2,27)28/h3-4,6,8-12,16,23H,5,7,13-15H2,1-2H3/t16-/m1/s1. The molecule has 0 aliphatic carbocycles. The van der Waals surface area contributed by atoms with Crippen molar-refractivity contribution in [2.75, 3.05) is 24.2 Å². The molecular formula is C22H26N2O5S. The van der Waals surface area contributed by atoms with Crippen molar-refractivity contribution in [1.29, 1.82) is 0 Å². The molecule has 0 saturated carbocycles. The van der Waals surface area contributed by atoms with Gasteiger partial charge in [-0.05, 0) is 55.5 Å². The molecule has 1 atom stereocenters. The third kappa shape index (κ3) is 5.67. The van der Waals surface area contributed by atoms with Crippen molar-refractivity contribution >= 4 is 27.6 Å². The molecule has 160 valence electrons. The van der Waals surface area contributed by atoms with E-state index in [1.807, 2.05) is 24.3 Å². The van der Waals surface area contributed by atoms with Crippen LogP contribution in [0.4, 0.5) is 5.69 Å². The lowest BCUT2D eigenvalue weighted by atomic mass is 10.0. The summed E-state index contributed by atoms with van der Waals surface area (Å²) in [5.74, 6) is -0.805. The first-order valence-corrected chi connectivity index (χ1v) is 11.8. The predicted molar refractivity (Wildman–Crippen MR) is 115 cm³/mol. The van der Waals surface area contributed by atoms with Crippen LogP contribution in [-0.2, 0) is 32.4 Å². The zero-order valence-corrected chi connectivity index (χ0v) is 17.9. The molecule has 3 rings (SSSR count). The van der Waals surface area contributed by atoms with Crippen LogP contribution in [0, 0.1) is 0 Å². The third-order valence-corrected chi connectivity index (χ3v) is 5.70. The van der Waals surface area contributed by atoms with Crippen LogP contribution in [-0.4, -0.2) is 45.7 Å². The molecule has 0 radical (unpaired) electrons. The molecule has 0 saturated heterocycles. The number of fused-ring (bicyclic) bond motifs is 1. The number of amides is 1.